The van der Waals surface area contributed by atoms with Crippen molar-refractivity contribution in [2.24, 2.45) is 5.73 Å². The van der Waals surface area contributed by atoms with E-state index < -0.39 is 17.5 Å². The molecule has 0 radical (unpaired) electrons. The van der Waals surface area contributed by atoms with Gasteiger partial charge in [0.1, 0.15) is 6.54 Å². The largest absolute Gasteiger partial charge is 0.351 e. The van der Waals surface area contributed by atoms with E-state index in [0.717, 1.165) is 4.57 Å². The van der Waals surface area contributed by atoms with Crippen molar-refractivity contribution in [2.75, 3.05) is 0 Å². The Labute approximate surface area is 129 Å². The maximum absolute atomic E-state index is 12.2. The van der Waals surface area contributed by atoms with Gasteiger partial charge in [-0.25, -0.2) is 9.78 Å². The van der Waals surface area contributed by atoms with Gasteiger partial charge in [-0.3, -0.25) is 19.5 Å². The van der Waals surface area contributed by atoms with E-state index in [9.17, 15) is 14.4 Å². The van der Waals surface area contributed by atoms with E-state index in [-0.39, 0.29) is 6.54 Å². The number of carbonyl (C=O) groups is 2. The highest BCUT2D eigenvalue weighted by Gasteiger charge is 2.11. The predicted octanol–water partition coefficient (Wildman–Crippen LogP) is 1.12. The van der Waals surface area contributed by atoms with Crippen LogP contribution in [0, 0.1) is 0 Å². The summed E-state index contributed by atoms with van der Waals surface area (Å²) in [6.07, 6.45) is 1.24. The number of nitrogens with zero attached hydrogens (tertiary/aromatic N) is 2. The topological polar surface area (TPSA) is 107 Å². The van der Waals surface area contributed by atoms with Gasteiger partial charge < -0.3 is 5.73 Å². The number of urea groups is 1. The Kier molecular flexibility index (Phi) is 4.19. The Morgan fingerprint density at radius 1 is 1.35 bits per heavy atom. The van der Waals surface area contributed by atoms with Crippen LogP contribution in [0.25, 0.3) is 10.9 Å². The SMILES string of the molecule is NC(=O)NC(=O)Cn1cnc2c(Br)cc(Br)cc2c1=O. The smallest absolute Gasteiger partial charge is 0.318 e. The zero-order chi connectivity index (χ0) is 14.9. The summed E-state index contributed by atoms with van der Waals surface area (Å²) in [4.78, 5) is 38.3. The molecule has 0 aliphatic heterocycles. The van der Waals surface area contributed by atoms with Gasteiger partial charge in [-0.05, 0) is 28.1 Å². The van der Waals surface area contributed by atoms with E-state index in [0.29, 0.717) is 19.8 Å². The first-order valence-electron chi connectivity index (χ1n) is 5.32. The monoisotopic (exact) mass is 402 g/mol. The Hall–Kier alpha value is -1.74. The molecule has 2 aromatic rings. The fourth-order valence-electron chi connectivity index (χ4n) is 1.64. The molecule has 0 saturated heterocycles. The predicted molar refractivity (Wildman–Crippen MR) is 79.1 cm³/mol. The number of aromatic nitrogens is 2. The zero-order valence-electron chi connectivity index (χ0n) is 9.89. The Balaban J connectivity index is 2.47. The second-order valence-electron chi connectivity index (χ2n) is 3.87. The van der Waals surface area contributed by atoms with Gasteiger partial charge in [0.25, 0.3) is 5.56 Å². The second-order valence-corrected chi connectivity index (χ2v) is 5.64. The number of primary amides is 1. The van der Waals surface area contributed by atoms with E-state index in [1.165, 1.54) is 6.33 Å². The first kappa shape index (κ1) is 14.7. The number of benzene rings is 1. The zero-order valence-corrected chi connectivity index (χ0v) is 13.1. The van der Waals surface area contributed by atoms with Crippen molar-refractivity contribution in [1.82, 2.24) is 14.9 Å². The van der Waals surface area contributed by atoms with Crippen LogP contribution < -0.4 is 16.6 Å². The van der Waals surface area contributed by atoms with Crippen LogP contribution in [0.3, 0.4) is 0 Å². The van der Waals surface area contributed by atoms with Gasteiger partial charge in [-0.2, -0.15) is 0 Å². The number of amides is 3. The molecule has 0 fully saturated rings. The van der Waals surface area contributed by atoms with Gasteiger partial charge in [0.15, 0.2) is 0 Å². The molecule has 1 heterocycles. The van der Waals surface area contributed by atoms with Crippen molar-refractivity contribution in [3.8, 4) is 0 Å². The maximum Gasteiger partial charge on any atom is 0.318 e. The molecule has 3 amide bonds. The third-order valence-electron chi connectivity index (χ3n) is 2.42. The molecule has 104 valence electrons. The number of hydrogen-bond acceptors (Lipinski definition) is 4. The number of nitrogens with two attached hydrogens (primary N) is 1. The minimum absolute atomic E-state index is 0.338. The molecule has 0 saturated carbocycles. The number of halogens is 2. The summed E-state index contributed by atoms with van der Waals surface area (Å²) in [5.41, 5.74) is 4.93. The molecular formula is C11H8Br2N4O3. The number of hydrogen-bond donors (Lipinski definition) is 2. The molecule has 1 aromatic heterocycles. The van der Waals surface area contributed by atoms with Crippen molar-refractivity contribution in [1.29, 1.82) is 0 Å². The van der Waals surface area contributed by atoms with Crippen LogP contribution in [0.15, 0.2) is 32.2 Å². The van der Waals surface area contributed by atoms with Crippen LogP contribution in [-0.4, -0.2) is 21.5 Å². The lowest BCUT2D eigenvalue weighted by Gasteiger charge is -2.07. The second kappa shape index (κ2) is 5.71. The average Bonchev–Trinajstić information content (AvgIpc) is 2.32. The summed E-state index contributed by atoms with van der Waals surface area (Å²) in [7, 11) is 0. The first-order valence-corrected chi connectivity index (χ1v) is 6.90. The molecule has 0 aliphatic rings. The van der Waals surface area contributed by atoms with Crippen LogP contribution >= 0.6 is 31.9 Å². The summed E-state index contributed by atoms with van der Waals surface area (Å²) in [5, 5.41) is 2.23. The lowest BCUT2D eigenvalue weighted by molar-refractivity contribution is -0.120. The number of fused-ring (bicyclic) bond motifs is 1. The summed E-state index contributed by atoms with van der Waals surface area (Å²) in [6, 6.07) is 2.40. The highest BCUT2D eigenvalue weighted by atomic mass is 79.9. The van der Waals surface area contributed by atoms with Gasteiger partial charge in [-0.15, -0.1) is 0 Å². The molecule has 0 unspecified atom stereocenters. The number of nitrogens with one attached hydrogen (secondary N) is 1. The Bertz CT molecular complexity index is 772. The van der Waals surface area contributed by atoms with Gasteiger partial charge in [-0.1, -0.05) is 15.9 Å². The van der Waals surface area contributed by atoms with Crippen LogP contribution in [0.4, 0.5) is 4.79 Å². The van der Waals surface area contributed by atoms with Crippen molar-refractivity contribution < 1.29 is 9.59 Å². The van der Waals surface area contributed by atoms with Crippen molar-refractivity contribution in [2.45, 2.75) is 6.54 Å². The third-order valence-corrected chi connectivity index (χ3v) is 3.48. The number of rotatable bonds is 2. The van der Waals surface area contributed by atoms with Crippen molar-refractivity contribution in [3.05, 3.63) is 37.8 Å². The van der Waals surface area contributed by atoms with Gasteiger partial charge in [0.05, 0.1) is 17.2 Å². The molecule has 0 bridgehead atoms. The lowest BCUT2D eigenvalue weighted by atomic mass is 10.2. The highest BCUT2D eigenvalue weighted by molar-refractivity contribution is 9.11. The molecule has 0 aliphatic carbocycles. The van der Waals surface area contributed by atoms with E-state index in [1.54, 1.807) is 12.1 Å². The fraction of sp³-hybridized carbons (Fsp3) is 0.0909. The van der Waals surface area contributed by atoms with Crippen LogP contribution in [0.2, 0.25) is 0 Å². The van der Waals surface area contributed by atoms with Gasteiger partial charge in [0, 0.05) is 8.95 Å². The molecule has 0 spiro atoms. The standard InChI is InChI=1S/C11H8Br2N4O3/c12-5-1-6-9(7(13)2-5)15-4-17(10(6)19)3-8(18)16-11(14)20/h1-2,4H,3H2,(H3,14,16,18,20). The minimum Gasteiger partial charge on any atom is -0.351 e. The Morgan fingerprint density at radius 3 is 2.70 bits per heavy atom. The summed E-state index contributed by atoms with van der Waals surface area (Å²) < 4.78 is 2.46. The molecule has 9 heteroatoms. The summed E-state index contributed by atoms with van der Waals surface area (Å²) >= 11 is 6.59. The maximum atomic E-state index is 12.2. The summed E-state index contributed by atoms with van der Waals surface area (Å²) in [5.74, 6) is -0.685. The molecule has 2 rings (SSSR count). The quantitative estimate of drug-likeness (QED) is 0.783. The van der Waals surface area contributed by atoms with Crippen LogP contribution in [0.5, 0.6) is 0 Å². The van der Waals surface area contributed by atoms with Gasteiger partial charge in [0.2, 0.25) is 5.91 Å². The van der Waals surface area contributed by atoms with Crippen molar-refractivity contribution in [3.63, 3.8) is 0 Å². The highest BCUT2D eigenvalue weighted by Crippen LogP contribution is 2.24. The lowest BCUT2D eigenvalue weighted by Crippen LogP contribution is -2.39. The molecule has 1 aromatic carbocycles. The van der Waals surface area contributed by atoms with Crippen LogP contribution in [0.1, 0.15) is 0 Å². The van der Waals surface area contributed by atoms with E-state index in [2.05, 4.69) is 36.8 Å². The third kappa shape index (κ3) is 3.05. The van der Waals surface area contributed by atoms with Crippen LogP contribution in [-0.2, 0) is 11.3 Å². The molecule has 0 atom stereocenters. The minimum atomic E-state index is -0.970. The van der Waals surface area contributed by atoms with E-state index in [1.807, 2.05) is 5.32 Å². The van der Waals surface area contributed by atoms with E-state index in [4.69, 9.17) is 5.73 Å². The van der Waals surface area contributed by atoms with Gasteiger partial charge >= 0.3 is 6.03 Å². The normalized spacial score (nSPS) is 10.5. The van der Waals surface area contributed by atoms with Crippen molar-refractivity contribution >= 4 is 54.7 Å². The molecule has 3 N–H and O–H groups in total. The first-order chi connectivity index (χ1) is 9.38. The number of carbonyl (C=O) groups excluding carboxylic acids is 2. The summed E-state index contributed by atoms with van der Waals surface area (Å²) in [6.45, 7) is -0.338. The molecule has 20 heavy (non-hydrogen) atoms. The Morgan fingerprint density at radius 2 is 2.05 bits per heavy atom. The molecular weight excluding hydrogens is 396 g/mol. The average molecular weight is 404 g/mol. The van der Waals surface area contributed by atoms with E-state index >= 15 is 0 Å². The fourth-order valence-corrected chi connectivity index (χ4v) is 2.97. The number of imide groups is 1. The molecule has 7 nitrogen and oxygen atoms in total.